The molecule has 2 aromatic rings. The molecule has 0 saturated heterocycles. The molecule has 3 amide bonds. The maximum atomic E-state index is 12.2. The Morgan fingerprint density at radius 1 is 1.05 bits per heavy atom. The predicted molar refractivity (Wildman–Crippen MR) is 158 cm³/mol. The van der Waals surface area contributed by atoms with Crippen LogP contribution >= 0.6 is 0 Å². The van der Waals surface area contributed by atoms with Gasteiger partial charge in [-0.1, -0.05) is 25.1 Å². The topological polar surface area (TPSA) is 195 Å². The van der Waals surface area contributed by atoms with E-state index < -0.39 is 42.3 Å². The Morgan fingerprint density at radius 2 is 1.67 bits per heavy atom. The molecule has 0 radical (unpaired) electrons. The number of aryl methyl sites for hydroxylation is 1. The molecule has 2 aromatic carbocycles. The van der Waals surface area contributed by atoms with Gasteiger partial charge in [0.05, 0.1) is 29.8 Å². The first-order valence-electron chi connectivity index (χ1n) is 13.8. The van der Waals surface area contributed by atoms with Gasteiger partial charge in [0.25, 0.3) is 0 Å². The van der Waals surface area contributed by atoms with E-state index in [1.807, 2.05) is 20.8 Å². The molecule has 0 spiro atoms. The molecule has 15 heteroatoms. The van der Waals surface area contributed by atoms with Crippen molar-refractivity contribution in [1.29, 1.82) is 0 Å². The SMILES string of the molecule is CC1(C)OB(O)c2cc(NC(=O)CNC(=O)C(N)CCC(=O)NC(CN)CN)ccc21.CCc1ccc(C(F)(F)F)cc1. The number of anilines is 1. The number of hydrogen-bond donors (Lipinski definition) is 7. The van der Waals surface area contributed by atoms with Gasteiger partial charge in [0, 0.05) is 25.2 Å². The van der Waals surface area contributed by atoms with Crippen LogP contribution in [0.15, 0.2) is 42.5 Å². The van der Waals surface area contributed by atoms with Crippen molar-refractivity contribution >= 4 is 36.0 Å². The largest absolute Gasteiger partial charge is 0.492 e. The van der Waals surface area contributed by atoms with Gasteiger partial charge in [-0.3, -0.25) is 14.4 Å². The van der Waals surface area contributed by atoms with Crippen LogP contribution in [-0.2, 0) is 37.2 Å². The van der Waals surface area contributed by atoms with E-state index in [9.17, 15) is 32.6 Å². The Hall–Kier alpha value is -3.50. The van der Waals surface area contributed by atoms with E-state index in [1.165, 1.54) is 12.1 Å². The molecule has 11 nitrogen and oxygen atoms in total. The fourth-order valence-electron chi connectivity index (χ4n) is 4.16. The molecule has 236 valence electrons. The number of nitrogens with two attached hydrogens (primary N) is 3. The summed E-state index contributed by atoms with van der Waals surface area (Å²) in [4.78, 5) is 36.0. The van der Waals surface area contributed by atoms with Crippen molar-refractivity contribution in [2.75, 3.05) is 25.0 Å². The van der Waals surface area contributed by atoms with Gasteiger partial charge in [-0.2, -0.15) is 13.2 Å². The van der Waals surface area contributed by atoms with Crippen LogP contribution in [0.1, 0.15) is 50.3 Å². The van der Waals surface area contributed by atoms with E-state index in [-0.39, 0.29) is 44.4 Å². The molecular formula is C28H40BF3N6O5. The number of carbonyl (C=O) groups is 3. The lowest BCUT2D eigenvalue weighted by atomic mass is 9.78. The average molecular weight is 608 g/mol. The van der Waals surface area contributed by atoms with E-state index in [4.69, 9.17) is 21.9 Å². The first-order valence-corrected chi connectivity index (χ1v) is 13.8. The number of nitrogens with one attached hydrogen (secondary N) is 3. The summed E-state index contributed by atoms with van der Waals surface area (Å²) in [7, 11) is -1.07. The molecule has 1 aliphatic rings. The number of benzene rings is 2. The smallest absolute Gasteiger partial charge is 0.423 e. The van der Waals surface area contributed by atoms with Crippen LogP contribution in [0.3, 0.4) is 0 Å². The van der Waals surface area contributed by atoms with Crippen molar-refractivity contribution in [1.82, 2.24) is 10.6 Å². The van der Waals surface area contributed by atoms with E-state index in [1.54, 1.807) is 18.2 Å². The summed E-state index contributed by atoms with van der Waals surface area (Å²) in [5.74, 6) is -1.30. The number of carbonyl (C=O) groups excluding carboxylic acids is 3. The Labute approximate surface area is 249 Å². The van der Waals surface area contributed by atoms with Gasteiger partial charge >= 0.3 is 13.3 Å². The Morgan fingerprint density at radius 3 is 2.23 bits per heavy atom. The van der Waals surface area contributed by atoms with Crippen molar-refractivity contribution in [2.45, 2.75) is 63.9 Å². The van der Waals surface area contributed by atoms with Gasteiger partial charge in [0.1, 0.15) is 0 Å². The summed E-state index contributed by atoms with van der Waals surface area (Å²) in [6.07, 6.45) is -3.31. The molecule has 1 atom stereocenters. The maximum absolute atomic E-state index is 12.2. The second-order valence-electron chi connectivity index (χ2n) is 10.5. The van der Waals surface area contributed by atoms with E-state index in [0.29, 0.717) is 11.2 Å². The summed E-state index contributed by atoms with van der Waals surface area (Å²) >= 11 is 0. The second kappa shape index (κ2) is 15.8. The second-order valence-corrected chi connectivity index (χ2v) is 10.5. The number of hydrogen-bond acceptors (Lipinski definition) is 8. The fourth-order valence-corrected chi connectivity index (χ4v) is 4.16. The van der Waals surface area contributed by atoms with E-state index in [2.05, 4.69) is 16.0 Å². The van der Waals surface area contributed by atoms with Gasteiger partial charge in [0.2, 0.25) is 17.7 Å². The molecule has 0 saturated carbocycles. The minimum absolute atomic E-state index is 0.0349. The highest BCUT2D eigenvalue weighted by molar-refractivity contribution is 6.62. The lowest BCUT2D eigenvalue weighted by Gasteiger charge is -2.19. The third-order valence-corrected chi connectivity index (χ3v) is 6.72. The van der Waals surface area contributed by atoms with Crippen LogP contribution in [0.5, 0.6) is 0 Å². The summed E-state index contributed by atoms with van der Waals surface area (Å²) in [5, 5.41) is 17.8. The first-order chi connectivity index (χ1) is 20.1. The predicted octanol–water partition coefficient (Wildman–Crippen LogP) is 0.472. The minimum Gasteiger partial charge on any atom is -0.423 e. The molecule has 3 rings (SSSR count). The molecule has 10 N–H and O–H groups in total. The van der Waals surface area contributed by atoms with Crippen molar-refractivity contribution in [3.63, 3.8) is 0 Å². The Balaban J connectivity index is 0.000000448. The molecule has 0 bridgehead atoms. The monoisotopic (exact) mass is 608 g/mol. The van der Waals surface area contributed by atoms with Gasteiger partial charge in [-0.15, -0.1) is 0 Å². The van der Waals surface area contributed by atoms with Crippen molar-refractivity contribution < 1.29 is 37.2 Å². The number of halogens is 3. The van der Waals surface area contributed by atoms with Crippen molar-refractivity contribution in [3.05, 3.63) is 59.2 Å². The number of alkyl halides is 3. The highest BCUT2D eigenvalue weighted by Crippen LogP contribution is 2.31. The number of rotatable bonds is 11. The Bertz CT molecular complexity index is 1240. The number of amides is 3. The average Bonchev–Trinajstić information content (AvgIpc) is 3.19. The third-order valence-electron chi connectivity index (χ3n) is 6.72. The maximum Gasteiger partial charge on any atom is 0.492 e. The van der Waals surface area contributed by atoms with Crippen LogP contribution < -0.4 is 38.6 Å². The van der Waals surface area contributed by atoms with Crippen LogP contribution in [0.25, 0.3) is 0 Å². The standard InChI is InChI=1S/C19H31BN6O5.C9H9F3/c1-19(2)13-4-3-11(7-14(13)20(30)31-19)25-17(28)10-24-18(29)15(23)5-6-16(27)26-12(8-21)9-22;1-2-7-3-5-8(6-4-7)9(10,11)12/h3-4,7,12,15,30H,5-6,8-10,21-23H2,1-2H3,(H,24,29)(H,25,28)(H,26,27);3-6H,2H2,1H3. The molecular weight excluding hydrogens is 568 g/mol. The lowest BCUT2D eigenvalue weighted by molar-refractivity contribution is -0.137. The van der Waals surface area contributed by atoms with Crippen LogP contribution in [0, 0.1) is 0 Å². The summed E-state index contributed by atoms with van der Waals surface area (Å²) in [6, 6.07) is 9.07. The summed E-state index contributed by atoms with van der Waals surface area (Å²) in [5.41, 5.74) is 18.3. The molecule has 0 fully saturated rings. The van der Waals surface area contributed by atoms with Crippen LogP contribution in [0.4, 0.5) is 18.9 Å². The summed E-state index contributed by atoms with van der Waals surface area (Å²) < 4.78 is 41.6. The zero-order valence-electron chi connectivity index (χ0n) is 24.5. The highest BCUT2D eigenvalue weighted by Gasteiger charge is 2.40. The lowest BCUT2D eigenvalue weighted by Crippen LogP contribution is -2.46. The molecule has 0 aliphatic carbocycles. The van der Waals surface area contributed by atoms with E-state index >= 15 is 0 Å². The highest BCUT2D eigenvalue weighted by atomic mass is 19.4. The van der Waals surface area contributed by atoms with Gasteiger partial charge < -0.3 is 42.8 Å². The first kappa shape index (κ1) is 35.7. The molecule has 1 unspecified atom stereocenters. The third kappa shape index (κ3) is 10.9. The van der Waals surface area contributed by atoms with Gasteiger partial charge in [-0.25, -0.2) is 0 Å². The molecule has 1 aliphatic heterocycles. The normalized spacial score (nSPS) is 14.3. The van der Waals surface area contributed by atoms with Crippen molar-refractivity contribution in [2.24, 2.45) is 17.2 Å². The quantitative estimate of drug-likeness (QED) is 0.179. The Kier molecular flexibility index (Phi) is 13.1. The van der Waals surface area contributed by atoms with Gasteiger partial charge in [0.15, 0.2) is 0 Å². The number of fused-ring (bicyclic) bond motifs is 1. The van der Waals surface area contributed by atoms with Crippen LogP contribution in [0.2, 0.25) is 0 Å². The fraction of sp³-hybridized carbons (Fsp3) is 0.464. The summed E-state index contributed by atoms with van der Waals surface area (Å²) in [6.45, 7) is 5.75. The van der Waals surface area contributed by atoms with Crippen molar-refractivity contribution in [3.8, 4) is 0 Å². The zero-order valence-corrected chi connectivity index (χ0v) is 24.5. The molecule has 0 aromatic heterocycles. The molecule has 43 heavy (non-hydrogen) atoms. The van der Waals surface area contributed by atoms with E-state index in [0.717, 1.165) is 29.7 Å². The zero-order chi connectivity index (χ0) is 32.4. The van der Waals surface area contributed by atoms with Crippen LogP contribution in [-0.4, -0.2) is 61.6 Å². The molecule has 1 heterocycles. The van der Waals surface area contributed by atoms with Gasteiger partial charge in [-0.05, 0) is 67.5 Å². The minimum atomic E-state index is -4.22.